The minimum absolute atomic E-state index is 0.0994. The predicted molar refractivity (Wildman–Crippen MR) is 144 cm³/mol. The van der Waals surface area contributed by atoms with Gasteiger partial charge in [-0.05, 0) is 60.9 Å². The van der Waals surface area contributed by atoms with Crippen molar-refractivity contribution in [2.45, 2.75) is 72.8 Å². The van der Waals surface area contributed by atoms with Crippen molar-refractivity contribution in [2.24, 2.45) is 5.41 Å². The smallest absolute Gasteiger partial charge is 0.261 e. The first-order chi connectivity index (χ1) is 15.9. The molecule has 2 rings (SSSR count). The van der Waals surface area contributed by atoms with E-state index >= 15 is 0 Å². The Hall–Kier alpha value is -1.70. The van der Waals surface area contributed by atoms with Gasteiger partial charge in [-0.1, -0.05) is 46.8 Å². The summed E-state index contributed by atoms with van der Waals surface area (Å²) in [6, 6.07) is 8.43. The maximum Gasteiger partial charge on any atom is 0.261 e. The van der Waals surface area contributed by atoms with E-state index in [4.69, 9.17) is 4.74 Å². The van der Waals surface area contributed by atoms with Crippen molar-refractivity contribution in [2.75, 3.05) is 25.2 Å². The van der Waals surface area contributed by atoms with E-state index in [1.54, 1.807) is 17.6 Å². The Morgan fingerprint density at radius 3 is 2.32 bits per heavy atom. The quantitative estimate of drug-likeness (QED) is 0.429. The van der Waals surface area contributed by atoms with Crippen LogP contribution in [0.1, 0.15) is 78.7 Å². The molecule has 1 amide bonds. The van der Waals surface area contributed by atoms with Gasteiger partial charge in [-0.15, -0.1) is 11.3 Å². The van der Waals surface area contributed by atoms with Gasteiger partial charge in [-0.3, -0.25) is 9.00 Å². The van der Waals surface area contributed by atoms with Crippen LogP contribution in [0.15, 0.2) is 24.3 Å². The summed E-state index contributed by atoms with van der Waals surface area (Å²) in [7, 11) is -0.929. The van der Waals surface area contributed by atoms with E-state index in [1.165, 1.54) is 10.4 Å². The number of rotatable bonds is 11. The van der Waals surface area contributed by atoms with Crippen LogP contribution >= 0.6 is 11.3 Å². The number of thiophene rings is 1. The van der Waals surface area contributed by atoms with Crippen LogP contribution in [0.2, 0.25) is 0 Å². The number of ether oxygens (including phenoxy) is 1. The minimum Gasteiger partial charge on any atom is -0.491 e. The summed E-state index contributed by atoms with van der Waals surface area (Å²) < 4.78 is 17.3. The molecule has 0 spiro atoms. The number of carbonyl (C=O) groups excluding carboxylic acids is 1. The molecular formula is C27H41NO4S2. The molecule has 0 aliphatic rings. The van der Waals surface area contributed by atoms with Crippen LogP contribution in [0.3, 0.4) is 0 Å². The Balaban J connectivity index is 2.32. The molecule has 7 heteroatoms. The number of aliphatic hydroxyl groups is 1. The van der Waals surface area contributed by atoms with Crippen molar-refractivity contribution >= 4 is 28.0 Å². The lowest BCUT2D eigenvalue weighted by Gasteiger charge is -2.32. The molecule has 2 unspecified atom stereocenters. The highest BCUT2D eigenvalue weighted by Gasteiger charge is 2.34. The molecule has 0 aliphatic heterocycles. The van der Waals surface area contributed by atoms with Crippen LogP contribution in [0.4, 0.5) is 0 Å². The number of aryl methyl sites for hydroxylation is 2. The van der Waals surface area contributed by atoms with Crippen molar-refractivity contribution < 1.29 is 18.8 Å². The lowest BCUT2D eigenvalue weighted by Crippen LogP contribution is -2.32. The van der Waals surface area contributed by atoms with E-state index in [9.17, 15) is 14.1 Å². The van der Waals surface area contributed by atoms with Gasteiger partial charge in [0.15, 0.2) is 0 Å². The van der Waals surface area contributed by atoms with E-state index < -0.39 is 16.9 Å². The van der Waals surface area contributed by atoms with Crippen molar-refractivity contribution in [3.8, 4) is 5.75 Å². The maximum absolute atomic E-state index is 12.8. The van der Waals surface area contributed by atoms with Gasteiger partial charge in [-0.25, -0.2) is 0 Å². The first-order valence-electron chi connectivity index (χ1n) is 12.0. The monoisotopic (exact) mass is 507 g/mol. The van der Waals surface area contributed by atoms with Gasteiger partial charge < -0.3 is 15.2 Å². The zero-order valence-corrected chi connectivity index (χ0v) is 23.5. The number of carbonyl (C=O) groups is 1. The fraction of sp³-hybridized carbons (Fsp3) is 0.593. The molecule has 0 saturated heterocycles. The molecule has 0 bridgehead atoms. The number of aliphatic hydroxyl groups excluding tert-OH is 1. The lowest BCUT2D eigenvalue weighted by atomic mass is 9.74. The van der Waals surface area contributed by atoms with Gasteiger partial charge >= 0.3 is 0 Å². The highest BCUT2D eigenvalue weighted by Crippen LogP contribution is 2.44. The maximum atomic E-state index is 12.8. The molecule has 190 valence electrons. The normalized spacial score (nSPS) is 14.0. The molecular weight excluding hydrogens is 466 g/mol. The zero-order valence-electron chi connectivity index (χ0n) is 21.9. The van der Waals surface area contributed by atoms with Crippen molar-refractivity contribution in [3.63, 3.8) is 0 Å². The SMILES string of the molecule is CCC(CC)(c1ccc(OCC(O)C(C)(C)C)c(C)c1)c1cc(C)c(C(=O)NCCS(C)=O)s1. The van der Waals surface area contributed by atoms with Crippen LogP contribution in [0.5, 0.6) is 5.75 Å². The Morgan fingerprint density at radius 1 is 1.15 bits per heavy atom. The van der Waals surface area contributed by atoms with E-state index in [1.807, 2.05) is 40.7 Å². The molecule has 1 aromatic carbocycles. The average molecular weight is 508 g/mol. The number of benzene rings is 1. The summed E-state index contributed by atoms with van der Waals surface area (Å²) >= 11 is 1.55. The molecule has 0 fully saturated rings. The highest BCUT2D eigenvalue weighted by molar-refractivity contribution is 7.84. The summed E-state index contributed by atoms with van der Waals surface area (Å²) in [6.45, 7) is 15.0. The molecule has 5 nitrogen and oxygen atoms in total. The van der Waals surface area contributed by atoms with E-state index in [2.05, 4.69) is 37.4 Å². The van der Waals surface area contributed by atoms with Crippen LogP contribution in [0, 0.1) is 19.3 Å². The second-order valence-electron chi connectivity index (χ2n) is 10.1. The summed E-state index contributed by atoms with van der Waals surface area (Å²) in [4.78, 5) is 14.7. The largest absolute Gasteiger partial charge is 0.491 e. The van der Waals surface area contributed by atoms with Crippen molar-refractivity contribution in [3.05, 3.63) is 50.7 Å². The summed E-state index contributed by atoms with van der Waals surface area (Å²) in [6.07, 6.45) is 2.90. The first-order valence-corrected chi connectivity index (χ1v) is 14.5. The molecule has 0 saturated carbocycles. The van der Waals surface area contributed by atoms with Crippen LogP contribution < -0.4 is 10.1 Å². The van der Waals surface area contributed by atoms with Gasteiger partial charge in [0.05, 0.1) is 11.0 Å². The molecule has 1 heterocycles. The van der Waals surface area contributed by atoms with Crippen LogP contribution in [-0.4, -0.2) is 46.5 Å². The van der Waals surface area contributed by atoms with Gasteiger partial charge in [0.1, 0.15) is 12.4 Å². The number of hydrogen-bond acceptors (Lipinski definition) is 5. The Bertz CT molecular complexity index is 1000. The van der Waals surface area contributed by atoms with Gasteiger partial charge in [0.2, 0.25) is 0 Å². The molecule has 34 heavy (non-hydrogen) atoms. The van der Waals surface area contributed by atoms with E-state index in [0.717, 1.165) is 34.6 Å². The third kappa shape index (κ3) is 6.70. The van der Waals surface area contributed by atoms with Gasteiger partial charge in [-0.2, -0.15) is 0 Å². The number of amides is 1. The fourth-order valence-electron chi connectivity index (χ4n) is 4.01. The molecule has 0 aliphatic carbocycles. The second-order valence-corrected chi connectivity index (χ2v) is 12.7. The van der Waals surface area contributed by atoms with Crippen LogP contribution in [0.25, 0.3) is 0 Å². The summed E-state index contributed by atoms with van der Waals surface area (Å²) in [5, 5.41) is 13.2. The van der Waals surface area contributed by atoms with E-state index in [-0.39, 0.29) is 23.3 Å². The summed E-state index contributed by atoms with van der Waals surface area (Å²) in [5.74, 6) is 1.14. The fourth-order valence-corrected chi connectivity index (χ4v) is 5.84. The predicted octanol–water partition coefficient (Wildman–Crippen LogP) is 5.37. The third-order valence-corrected chi connectivity index (χ3v) is 8.82. The van der Waals surface area contributed by atoms with Crippen molar-refractivity contribution in [1.29, 1.82) is 0 Å². The standard InChI is InChI=1S/C27H41NO4S2/c1-9-27(10-2,23-16-19(4)24(33-23)25(30)28-13-14-34(8)31)20-11-12-21(18(3)15-20)32-17-22(29)26(5,6)7/h11-12,15-16,22,29H,9-10,13-14,17H2,1-8H3,(H,28,30). The Labute approximate surface area is 211 Å². The zero-order chi connectivity index (χ0) is 25.7. The van der Waals surface area contributed by atoms with Crippen LogP contribution in [-0.2, 0) is 16.2 Å². The first kappa shape index (κ1) is 28.5. The second kappa shape index (κ2) is 11.8. The molecule has 0 radical (unpaired) electrons. The molecule has 2 N–H and O–H groups in total. The molecule has 1 aromatic heterocycles. The van der Waals surface area contributed by atoms with Gasteiger partial charge in [0.25, 0.3) is 5.91 Å². The Morgan fingerprint density at radius 2 is 1.79 bits per heavy atom. The molecule has 2 aromatic rings. The average Bonchev–Trinajstić information content (AvgIpc) is 3.15. The lowest BCUT2D eigenvalue weighted by molar-refractivity contribution is 0.0216. The third-order valence-electron chi connectivity index (χ3n) is 6.60. The minimum atomic E-state index is -0.929. The number of hydrogen-bond donors (Lipinski definition) is 2. The van der Waals surface area contributed by atoms with Gasteiger partial charge in [0, 0.05) is 39.6 Å². The summed E-state index contributed by atoms with van der Waals surface area (Å²) in [5.41, 5.74) is 2.76. The topological polar surface area (TPSA) is 75.6 Å². The Kier molecular flexibility index (Phi) is 9.92. The number of nitrogens with one attached hydrogen (secondary N) is 1. The van der Waals surface area contributed by atoms with Crippen molar-refractivity contribution in [1.82, 2.24) is 5.32 Å². The highest BCUT2D eigenvalue weighted by atomic mass is 32.2. The van der Waals surface area contributed by atoms with E-state index in [0.29, 0.717) is 12.3 Å². The molecule has 2 atom stereocenters.